The maximum Gasteiger partial charge on any atom is 0.239 e. The molecule has 3 unspecified atom stereocenters. The van der Waals surface area contributed by atoms with E-state index in [0.717, 1.165) is 38.8 Å². The van der Waals surface area contributed by atoms with Gasteiger partial charge in [0.15, 0.2) is 0 Å². The number of amides is 2. The van der Waals surface area contributed by atoms with Crippen molar-refractivity contribution in [3.05, 3.63) is 0 Å². The van der Waals surface area contributed by atoms with E-state index < -0.39 is 0 Å². The third-order valence-corrected chi connectivity index (χ3v) is 5.00. The molecule has 3 fully saturated rings. The van der Waals surface area contributed by atoms with Crippen LogP contribution in [0.4, 0.5) is 0 Å². The smallest absolute Gasteiger partial charge is 0.239 e. The summed E-state index contributed by atoms with van der Waals surface area (Å²) in [5.74, 6) is 0.787. The van der Waals surface area contributed by atoms with Crippen LogP contribution in [0.2, 0.25) is 0 Å². The van der Waals surface area contributed by atoms with Gasteiger partial charge in [0.2, 0.25) is 11.8 Å². The lowest BCUT2D eigenvalue weighted by Crippen LogP contribution is -2.43. The van der Waals surface area contributed by atoms with Crippen molar-refractivity contribution in [1.29, 1.82) is 0 Å². The standard InChI is InChI=1S/C15H25N3O3/c1-17(8-14(20)16-11-3-4-11)15(21)9-18-6-10-2-5-13(19)12(10)7-18/h10-13,19H,2-9H2,1H3,(H,16,20). The number of nitrogens with one attached hydrogen (secondary N) is 1. The first-order valence-electron chi connectivity index (χ1n) is 7.96. The first-order chi connectivity index (χ1) is 10.0. The summed E-state index contributed by atoms with van der Waals surface area (Å²) >= 11 is 0. The highest BCUT2D eigenvalue weighted by Crippen LogP contribution is 2.37. The van der Waals surface area contributed by atoms with Crippen LogP contribution in [0.1, 0.15) is 25.7 Å². The van der Waals surface area contributed by atoms with Gasteiger partial charge in [-0.1, -0.05) is 0 Å². The zero-order chi connectivity index (χ0) is 15.0. The van der Waals surface area contributed by atoms with E-state index in [1.54, 1.807) is 7.05 Å². The second-order valence-electron chi connectivity index (χ2n) is 6.85. The van der Waals surface area contributed by atoms with E-state index in [0.29, 0.717) is 24.4 Å². The Morgan fingerprint density at radius 2 is 2.00 bits per heavy atom. The molecule has 0 spiro atoms. The summed E-state index contributed by atoms with van der Waals surface area (Å²) < 4.78 is 0. The molecule has 0 bridgehead atoms. The molecule has 2 amide bonds. The number of hydrogen-bond donors (Lipinski definition) is 2. The van der Waals surface area contributed by atoms with Crippen LogP contribution < -0.4 is 5.32 Å². The zero-order valence-electron chi connectivity index (χ0n) is 12.6. The maximum absolute atomic E-state index is 12.2. The van der Waals surface area contributed by atoms with Gasteiger partial charge in [0, 0.05) is 32.1 Å². The predicted octanol–water partition coefficient (Wildman–Crippen LogP) is -0.574. The quantitative estimate of drug-likeness (QED) is 0.712. The Balaban J connectivity index is 1.42. The molecule has 21 heavy (non-hydrogen) atoms. The molecule has 1 heterocycles. The number of fused-ring (bicyclic) bond motifs is 1. The molecule has 0 aromatic rings. The van der Waals surface area contributed by atoms with Crippen molar-refractivity contribution in [2.75, 3.05) is 33.2 Å². The number of nitrogens with zero attached hydrogens (tertiary/aromatic N) is 2. The molecule has 3 rings (SSSR count). The molecule has 3 atom stereocenters. The van der Waals surface area contributed by atoms with Gasteiger partial charge in [0.05, 0.1) is 19.2 Å². The number of hydrogen-bond acceptors (Lipinski definition) is 4. The predicted molar refractivity (Wildman–Crippen MR) is 77.5 cm³/mol. The molecule has 2 saturated carbocycles. The van der Waals surface area contributed by atoms with E-state index in [2.05, 4.69) is 10.2 Å². The van der Waals surface area contributed by atoms with E-state index in [1.165, 1.54) is 4.90 Å². The molecule has 2 N–H and O–H groups in total. The van der Waals surface area contributed by atoms with Crippen LogP contribution in [0, 0.1) is 11.8 Å². The summed E-state index contributed by atoms with van der Waals surface area (Å²) in [6.07, 6.45) is 3.89. The molecule has 6 heteroatoms. The Bertz CT molecular complexity index is 424. The van der Waals surface area contributed by atoms with Gasteiger partial charge in [-0.05, 0) is 31.6 Å². The summed E-state index contributed by atoms with van der Waals surface area (Å²) in [7, 11) is 1.68. The van der Waals surface area contributed by atoms with Crippen molar-refractivity contribution < 1.29 is 14.7 Å². The molecule has 0 aromatic carbocycles. The van der Waals surface area contributed by atoms with Gasteiger partial charge in [0.25, 0.3) is 0 Å². The van der Waals surface area contributed by atoms with Crippen LogP contribution in [0.15, 0.2) is 0 Å². The summed E-state index contributed by atoms with van der Waals surface area (Å²) in [5.41, 5.74) is 0. The Hall–Kier alpha value is -1.14. The highest BCUT2D eigenvalue weighted by molar-refractivity contribution is 5.85. The van der Waals surface area contributed by atoms with Crippen LogP contribution in [0.5, 0.6) is 0 Å². The van der Waals surface area contributed by atoms with Crippen LogP contribution in [0.3, 0.4) is 0 Å². The van der Waals surface area contributed by atoms with Crippen molar-refractivity contribution in [3.63, 3.8) is 0 Å². The topological polar surface area (TPSA) is 72.9 Å². The third-order valence-electron chi connectivity index (χ3n) is 5.00. The van der Waals surface area contributed by atoms with Crippen molar-refractivity contribution >= 4 is 11.8 Å². The lowest BCUT2D eigenvalue weighted by molar-refractivity contribution is -0.135. The van der Waals surface area contributed by atoms with Gasteiger partial charge in [-0.25, -0.2) is 0 Å². The van der Waals surface area contributed by atoms with E-state index in [4.69, 9.17) is 0 Å². The molecule has 0 aromatic heterocycles. The van der Waals surface area contributed by atoms with Crippen LogP contribution >= 0.6 is 0 Å². The minimum Gasteiger partial charge on any atom is -0.393 e. The highest BCUT2D eigenvalue weighted by atomic mass is 16.3. The summed E-state index contributed by atoms with van der Waals surface area (Å²) in [6.45, 7) is 2.20. The van der Waals surface area contributed by atoms with E-state index >= 15 is 0 Å². The number of aliphatic hydroxyl groups is 1. The number of rotatable bonds is 5. The fraction of sp³-hybridized carbons (Fsp3) is 0.867. The molecular formula is C15H25N3O3. The molecule has 0 radical (unpaired) electrons. The second-order valence-corrected chi connectivity index (χ2v) is 6.85. The van der Waals surface area contributed by atoms with Gasteiger partial charge < -0.3 is 15.3 Å². The third kappa shape index (κ3) is 3.55. The van der Waals surface area contributed by atoms with Crippen molar-refractivity contribution in [3.8, 4) is 0 Å². The second kappa shape index (κ2) is 5.93. The molecule has 1 saturated heterocycles. The SMILES string of the molecule is CN(CC(=O)NC1CC1)C(=O)CN1CC2CCC(O)C2C1. The van der Waals surface area contributed by atoms with Crippen LogP contribution in [-0.4, -0.2) is 72.1 Å². The van der Waals surface area contributed by atoms with Crippen LogP contribution in [0.25, 0.3) is 0 Å². The van der Waals surface area contributed by atoms with Gasteiger partial charge in [-0.3, -0.25) is 14.5 Å². The molecule has 3 aliphatic rings. The van der Waals surface area contributed by atoms with Gasteiger partial charge in [0.1, 0.15) is 0 Å². The maximum atomic E-state index is 12.2. The molecule has 1 aliphatic heterocycles. The highest BCUT2D eigenvalue weighted by Gasteiger charge is 2.42. The van der Waals surface area contributed by atoms with E-state index in [9.17, 15) is 14.7 Å². The average molecular weight is 295 g/mol. The first kappa shape index (κ1) is 14.8. The fourth-order valence-corrected chi connectivity index (χ4v) is 3.57. The van der Waals surface area contributed by atoms with Crippen LogP contribution in [-0.2, 0) is 9.59 Å². The molecular weight excluding hydrogens is 270 g/mol. The lowest BCUT2D eigenvalue weighted by atomic mass is 10.00. The fourth-order valence-electron chi connectivity index (χ4n) is 3.57. The van der Waals surface area contributed by atoms with E-state index in [1.807, 2.05) is 0 Å². The number of aliphatic hydroxyl groups excluding tert-OH is 1. The van der Waals surface area contributed by atoms with Crippen molar-refractivity contribution in [1.82, 2.24) is 15.1 Å². The Labute approximate surface area is 125 Å². The Morgan fingerprint density at radius 1 is 1.24 bits per heavy atom. The Kier molecular flexibility index (Phi) is 4.17. The lowest BCUT2D eigenvalue weighted by Gasteiger charge is -2.22. The number of likely N-dealkylation sites (N-methyl/N-ethyl adjacent to an activating group) is 1. The van der Waals surface area contributed by atoms with Gasteiger partial charge in [-0.2, -0.15) is 0 Å². The normalized spacial score (nSPS) is 32.0. The van der Waals surface area contributed by atoms with Crippen molar-refractivity contribution in [2.24, 2.45) is 11.8 Å². The number of likely N-dealkylation sites (tertiary alicyclic amines) is 1. The van der Waals surface area contributed by atoms with Gasteiger partial charge >= 0.3 is 0 Å². The minimum absolute atomic E-state index is 0.0181. The van der Waals surface area contributed by atoms with Crippen molar-refractivity contribution in [2.45, 2.75) is 37.8 Å². The first-order valence-corrected chi connectivity index (χ1v) is 7.96. The molecule has 6 nitrogen and oxygen atoms in total. The van der Waals surface area contributed by atoms with E-state index in [-0.39, 0.29) is 24.5 Å². The minimum atomic E-state index is -0.197. The average Bonchev–Trinajstić information content (AvgIpc) is 3.03. The molecule has 2 aliphatic carbocycles. The summed E-state index contributed by atoms with van der Waals surface area (Å²) in [6, 6.07) is 0.334. The zero-order valence-corrected chi connectivity index (χ0v) is 12.6. The largest absolute Gasteiger partial charge is 0.393 e. The number of carbonyl (C=O) groups is 2. The number of carbonyl (C=O) groups excluding carboxylic acids is 2. The van der Waals surface area contributed by atoms with Gasteiger partial charge in [-0.15, -0.1) is 0 Å². The Morgan fingerprint density at radius 3 is 2.67 bits per heavy atom. The summed E-state index contributed by atoms with van der Waals surface area (Å²) in [4.78, 5) is 27.5. The molecule has 118 valence electrons. The monoisotopic (exact) mass is 295 g/mol. The summed E-state index contributed by atoms with van der Waals surface area (Å²) in [5, 5.41) is 12.8.